The molecule has 22 aromatic rings. The number of aliphatic hydroxyl groups is 2. The smallest absolute Gasteiger partial charge is 0.298 e. The van der Waals surface area contributed by atoms with Gasteiger partial charge in [0.05, 0.1) is 58.9 Å². The van der Waals surface area contributed by atoms with Crippen LogP contribution in [0.4, 0.5) is 11.4 Å². The summed E-state index contributed by atoms with van der Waals surface area (Å²) in [5.74, 6) is 1.63. The third-order valence-corrected chi connectivity index (χ3v) is 26.1. The molecule has 2 aliphatic rings. The molecule has 12 aromatic carbocycles. The summed E-state index contributed by atoms with van der Waals surface area (Å²) in [5, 5.41) is 77.7. The first-order chi connectivity index (χ1) is 64.3. The van der Waals surface area contributed by atoms with Crippen LogP contribution in [0.15, 0.2) is 257 Å². The van der Waals surface area contributed by atoms with Gasteiger partial charge in [-0.1, -0.05) is 207 Å². The Balaban J connectivity index is 0.000000117. The molecule has 0 amide bonds. The predicted octanol–water partition coefficient (Wildman–Crippen LogP) is 25.1. The molecule has 0 saturated heterocycles. The number of ether oxygens (including phenoxy) is 1. The summed E-state index contributed by atoms with van der Waals surface area (Å²) in [7, 11) is 0. The lowest BCUT2D eigenvalue weighted by molar-refractivity contribution is -0.120. The molecule has 12 heterocycles. The minimum Gasteiger partial charge on any atom is -0.506 e. The van der Waals surface area contributed by atoms with Crippen LogP contribution in [-0.2, 0) is 53.8 Å². The van der Waals surface area contributed by atoms with Crippen LogP contribution in [0.5, 0.6) is 28.7 Å². The van der Waals surface area contributed by atoms with E-state index in [1.54, 1.807) is 35.6 Å². The maximum absolute atomic E-state index is 12.1. The number of aromatic amines is 3. The van der Waals surface area contributed by atoms with Crippen LogP contribution in [-0.4, -0.2) is 108 Å². The molecule has 9 N–H and O–H groups in total. The highest BCUT2D eigenvalue weighted by Crippen LogP contribution is 2.48. The van der Waals surface area contributed by atoms with Crippen LogP contribution in [0, 0.1) is 31.9 Å². The normalized spacial score (nSPS) is 12.9. The van der Waals surface area contributed by atoms with E-state index in [1.807, 2.05) is 153 Å². The molecule has 0 radical (unpaired) electrons. The lowest BCUT2D eigenvalue weighted by Crippen LogP contribution is -2.25. The van der Waals surface area contributed by atoms with Gasteiger partial charge in [-0.3, -0.25) is 4.79 Å². The number of carbonyl (C=O) groups excluding carboxylic acids is 1. The molecule has 2 aliphatic heterocycles. The van der Waals surface area contributed by atoms with Gasteiger partial charge in [0.1, 0.15) is 95.6 Å². The van der Waals surface area contributed by atoms with E-state index in [0.29, 0.717) is 41.5 Å². The fourth-order valence-corrected chi connectivity index (χ4v) is 20.7. The first kappa shape index (κ1) is 91.3. The molecule has 0 aliphatic carbocycles. The maximum Gasteiger partial charge on any atom is 0.298 e. The first-order valence-electron chi connectivity index (χ1n) is 45.2. The number of phenolic OH excluding ortho intramolecular Hbond substituents is 4. The number of nitrogens with one attached hydrogen (secondary N) is 3. The molecule has 0 spiro atoms. The number of aromatic nitrogens is 15. The standard InChI is InChI=1S/C41H50N6O2.C20H25N3O.C13H11N3O.C8H6N2O2.C8H8N2OS.C8H7NOS2.C7H6N2/c1-38(2,3)24-40(7,8)28-20-26(36(48)34(22-28)46-42-30-15-11-12-16-31(30)43(42)46)19-27-21-29(41(9,10)25-39(4,5)6)23-35(37(27)49)47-44-32-17-13-14-18-33(32)45(44)47;1-19(2,3)13-20(4,5)14-10-11-18(24)17(12-14)23-21-15-8-6-7-9-16(15)22(21)23;1-9-6-7-13(17)12(8-9)16-14-10-4-2-3-5-11(10)15(14)16;11-5-12-7-1-2-8-6(3-7)4-9-10-8;11-4-5-1-2-6-7(3-5)10-8(12)9-6;10-4-5-1-2-7-6(3-5)9-8(11)12-7;1-2-4-7-6(3-1)5-8-9-7/h11-18,20-23,48-49H,19,24-25H2,1-10H3;6-12,24H,13H2,1-5H3;2-8,17H,1H3;1-3,5H,4H2;1-3,11H,4H2,(H2,9,10,12);1-3,10H,4H2,(H,9,11);1-4H,5H2. The Morgan fingerprint density at radius 1 is 0.393 bits per heavy atom. The highest BCUT2D eigenvalue weighted by Gasteiger charge is 2.37. The van der Waals surface area contributed by atoms with Gasteiger partial charge in [-0.25, -0.2) is 0 Å². The molecule has 0 saturated carbocycles. The number of benzene rings is 12. The van der Waals surface area contributed by atoms with Crippen molar-refractivity contribution in [1.29, 1.82) is 0 Å². The van der Waals surface area contributed by atoms with Gasteiger partial charge >= 0.3 is 0 Å². The van der Waals surface area contributed by atoms with Crippen LogP contribution in [0.25, 0.3) is 88.1 Å². The van der Waals surface area contributed by atoms with Gasteiger partial charge in [0.25, 0.3) is 6.47 Å². The Morgan fingerprint density at radius 3 is 1.22 bits per heavy atom. The van der Waals surface area contributed by atoms with Gasteiger partial charge in [0, 0.05) is 28.7 Å². The van der Waals surface area contributed by atoms with Gasteiger partial charge in [-0.15, -0.1) is 67.6 Å². The Hall–Kier alpha value is -14.2. The average Bonchev–Trinajstić information content (AvgIpc) is 1.51. The summed E-state index contributed by atoms with van der Waals surface area (Å²) in [6.07, 6.45) is 3.42. The van der Waals surface area contributed by atoms with Gasteiger partial charge in [-0.05, 0) is 250 Å². The van der Waals surface area contributed by atoms with Crippen molar-refractivity contribution in [3.05, 3.63) is 301 Å². The van der Waals surface area contributed by atoms with E-state index in [4.69, 9.17) is 34.6 Å². The fraction of sp³-hybridized carbons (Fsp3) is 0.286. The van der Waals surface area contributed by atoms with Crippen molar-refractivity contribution in [2.24, 2.45) is 36.7 Å². The van der Waals surface area contributed by atoms with E-state index in [9.17, 15) is 25.2 Å². The van der Waals surface area contributed by atoms with Crippen molar-refractivity contribution in [3.63, 3.8) is 0 Å². The summed E-state index contributed by atoms with van der Waals surface area (Å²) in [5.41, 5.74) is 27.7. The number of rotatable bonds is 16. The van der Waals surface area contributed by atoms with E-state index in [-0.39, 0.29) is 57.2 Å². The van der Waals surface area contributed by atoms with E-state index in [0.717, 1.165) is 141 Å². The zero-order valence-corrected chi connectivity index (χ0v) is 81.1. The second-order valence-electron chi connectivity index (χ2n) is 40.7. The monoisotopic (exact) mass is 1860 g/mol. The summed E-state index contributed by atoms with van der Waals surface area (Å²) in [6, 6.07) is 78.0. The number of aryl methyl sites for hydroxylation is 1. The number of aliphatic hydroxyl groups excluding tert-OH is 2. The Labute approximate surface area is 793 Å². The lowest BCUT2D eigenvalue weighted by Gasteiger charge is -2.34. The molecular weight excluding hydrogens is 1750 g/mol. The van der Waals surface area contributed by atoms with Crippen molar-refractivity contribution in [2.75, 3.05) is 0 Å². The Kier molecular flexibility index (Phi) is 23.7. The van der Waals surface area contributed by atoms with Crippen LogP contribution in [0.2, 0.25) is 0 Å². The van der Waals surface area contributed by atoms with Crippen molar-refractivity contribution in [3.8, 4) is 51.5 Å². The number of phenols is 4. The molecule has 10 aromatic heterocycles. The van der Waals surface area contributed by atoms with E-state index < -0.39 is 0 Å². The Bertz CT molecular complexity index is 7800. The molecule has 27 nitrogen and oxygen atoms in total. The number of H-pyrrole nitrogens is 3. The summed E-state index contributed by atoms with van der Waals surface area (Å²) in [6.45, 7) is 38.2. The molecule has 0 unspecified atom stereocenters. The van der Waals surface area contributed by atoms with Crippen molar-refractivity contribution < 1.29 is 40.2 Å². The number of carbonyl (C=O) groups is 1. The van der Waals surface area contributed by atoms with Gasteiger partial charge in [0.2, 0.25) is 0 Å². The molecule has 135 heavy (non-hydrogen) atoms. The average molecular weight is 1870 g/mol. The van der Waals surface area contributed by atoms with E-state index in [2.05, 4.69) is 266 Å². The molecule has 0 bridgehead atoms. The van der Waals surface area contributed by atoms with E-state index in [1.165, 1.54) is 44.3 Å². The predicted molar refractivity (Wildman–Crippen MR) is 539 cm³/mol. The number of aromatic hydroxyl groups is 4. The molecule has 0 atom stereocenters. The van der Waals surface area contributed by atoms with Gasteiger partial charge in [-0.2, -0.15) is 20.5 Å². The maximum atomic E-state index is 12.1. The van der Waals surface area contributed by atoms with Crippen LogP contribution in [0.3, 0.4) is 0 Å². The molecule has 0 fully saturated rings. The third kappa shape index (κ3) is 18.4. The number of fused-ring (bicyclic) bond motifs is 20. The highest BCUT2D eigenvalue weighted by atomic mass is 32.1. The minimum atomic E-state index is -0.156. The first-order valence-corrected chi connectivity index (χ1v) is 46.8. The van der Waals surface area contributed by atoms with E-state index >= 15 is 0 Å². The van der Waals surface area contributed by atoms with Gasteiger partial charge < -0.3 is 50.3 Å². The number of hydrogen-bond donors (Lipinski definition) is 9. The number of para-hydroxylation sites is 8. The molecule has 30 heteroatoms. The highest BCUT2D eigenvalue weighted by molar-refractivity contribution is 7.73. The Morgan fingerprint density at radius 2 is 0.778 bits per heavy atom. The topological polar surface area (TPSA) is 299 Å². The van der Waals surface area contributed by atoms with Crippen LogP contribution < -0.4 is 4.74 Å². The zero-order valence-electron chi connectivity index (χ0n) is 78.6. The van der Waals surface area contributed by atoms with Crippen molar-refractivity contribution in [1.82, 2.24) is 71.2 Å². The molecule has 24 rings (SSSR count). The zero-order chi connectivity index (χ0) is 95.4. The van der Waals surface area contributed by atoms with Crippen LogP contribution >= 0.6 is 35.8 Å². The SMILES string of the molecule is CC(C)(C)CC(C)(C)c1cc(Cc2cc(C(C)(C)CC(C)(C)C)cc(-n3n4c5ccccc5n34)c2O)c(O)c(-n2n3c4ccccc4n23)c1.CC(C)(C)CC(C)(C)c1ccc(O)c(-n2n3c4ccccc4n23)c1.Cc1ccc(O)c(-n2n3c4ccccc4n23)c1.O=COc1ccc2c(c1)CN=N2.OCc1ccc2[nH]c(=S)[nH]c2c1.OCc1ccc2sc(=S)[nH]c2c1.c1ccc2c(c1)CN=N2. The van der Waals surface area contributed by atoms with Crippen molar-refractivity contribution >= 4 is 119 Å². The van der Waals surface area contributed by atoms with Gasteiger partial charge in [0.15, 0.2) is 8.73 Å². The minimum absolute atomic E-state index is 0.0489. The lowest BCUT2D eigenvalue weighted by atomic mass is 9.71. The van der Waals surface area contributed by atoms with Crippen LogP contribution in [0.1, 0.15) is 179 Å². The molecular formula is C105H113N19O8S3. The number of azo groups is 2. The second kappa shape index (κ2) is 35.0. The fourth-order valence-electron chi connectivity index (χ4n) is 19.4. The molecule has 694 valence electrons. The second-order valence-corrected chi connectivity index (χ2v) is 42.9. The summed E-state index contributed by atoms with van der Waals surface area (Å²) < 4.78 is 23.8. The number of nitrogens with zero attached hydrogens (tertiary/aromatic N) is 16. The number of thiazole rings is 1. The van der Waals surface area contributed by atoms with Crippen molar-refractivity contribution in [2.45, 2.75) is 179 Å². The third-order valence-electron chi connectivity index (χ3n) is 24.7. The quantitative estimate of drug-likeness (QED) is 0.0325. The number of imidazole rings is 1. The number of hydrogen-bond acceptors (Lipinski definition) is 15. The largest absolute Gasteiger partial charge is 0.506 e. The summed E-state index contributed by atoms with van der Waals surface area (Å²) >= 11 is 11.5. The summed E-state index contributed by atoms with van der Waals surface area (Å²) in [4.78, 5) is 27.1.